The Morgan fingerprint density at radius 3 is 2.70 bits per heavy atom. The van der Waals surface area contributed by atoms with Crippen LogP contribution in [-0.2, 0) is 13.0 Å². The van der Waals surface area contributed by atoms with Crippen LogP contribution in [0, 0.1) is 0 Å². The summed E-state index contributed by atoms with van der Waals surface area (Å²) in [6, 6.07) is 10.5. The molecule has 0 fully saturated rings. The average molecular weight is 442 g/mol. The molecule has 0 saturated carbocycles. The summed E-state index contributed by atoms with van der Waals surface area (Å²) in [5.74, 6) is 0.997. The second-order valence-corrected chi connectivity index (χ2v) is 10.4. The first-order valence-corrected chi connectivity index (χ1v) is 12.9. The highest BCUT2D eigenvalue weighted by atomic mass is 32.2. The van der Waals surface area contributed by atoms with Crippen LogP contribution in [0.1, 0.15) is 56.9 Å². The molecule has 2 aromatic heterocycles. The van der Waals surface area contributed by atoms with E-state index in [1.54, 1.807) is 23.1 Å². The first kappa shape index (κ1) is 21.6. The number of benzene rings is 1. The zero-order valence-electron chi connectivity index (χ0n) is 18.2. The maximum Gasteiger partial charge on any atom is 0.267 e. The van der Waals surface area contributed by atoms with Crippen LogP contribution < -0.4 is 5.56 Å². The lowest BCUT2D eigenvalue weighted by Crippen LogP contribution is -2.35. The monoisotopic (exact) mass is 441 g/mol. The average Bonchev–Trinajstić information content (AvgIpc) is 3.12. The van der Waals surface area contributed by atoms with Gasteiger partial charge in [-0.1, -0.05) is 56.1 Å². The summed E-state index contributed by atoms with van der Waals surface area (Å²) in [7, 11) is 0. The summed E-state index contributed by atoms with van der Waals surface area (Å²) in [5.41, 5.74) is 2.24. The highest BCUT2D eigenvalue weighted by Crippen LogP contribution is 2.35. The Labute approximate surface area is 187 Å². The van der Waals surface area contributed by atoms with E-state index in [1.807, 2.05) is 34.9 Å². The number of nitrogens with zero attached hydrogens (tertiary/aromatic N) is 3. The third kappa shape index (κ3) is 4.36. The maximum absolute atomic E-state index is 13.7. The molecule has 160 valence electrons. The standard InChI is InChI=1S/C24H31N3OS2/c1-4-5-6-10-15-29-24-25-22-21(23(28)27(24)18-11-8-7-9-12-18)19-13-14-26(17(2)3)16-20(19)30-22/h7-9,11-12,17H,4-6,10,13-16H2,1-3H3. The van der Waals surface area contributed by atoms with Gasteiger partial charge in [-0.2, -0.15) is 0 Å². The molecule has 3 aromatic rings. The Morgan fingerprint density at radius 2 is 1.97 bits per heavy atom. The van der Waals surface area contributed by atoms with Gasteiger partial charge >= 0.3 is 0 Å². The molecule has 0 amide bonds. The number of thioether (sulfide) groups is 1. The predicted octanol–water partition coefficient (Wildman–Crippen LogP) is 5.89. The van der Waals surface area contributed by atoms with E-state index in [1.165, 1.54) is 29.7 Å². The summed E-state index contributed by atoms with van der Waals surface area (Å²) in [6.45, 7) is 8.65. The number of rotatable bonds is 8. The van der Waals surface area contributed by atoms with Gasteiger partial charge in [-0.15, -0.1) is 11.3 Å². The molecule has 3 heterocycles. The third-order valence-electron chi connectivity index (χ3n) is 5.85. The second kappa shape index (κ2) is 9.67. The molecule has 0 radical (unpaired) electrons. The van der Waals surface area contributed by atoms with Gasteiger partial charge in [0.1, 0.15) is 4.83 Å². The molecule has 0 N–H and O–H groups in total. The normalized spacial score (nSPS) is 14.5. The van der Waals surface area contributed by atoms with Crippen molar-refractivity contribution in [3.8, 4) is 5.69 Å². The van der Waals surface area contributed by atoms with Crippen molar-refractivity contribution in [1.82, 2.24) is 14.5 Å². The molecule has 1 aliphatic heterocycles. The molecule has 1 aromatic carbocycles. The van der Waals surface area contributed by atoms with E-state index in [0.717, 1.165) is 52.7 Å². The Bertz CT molecular complexity index is 1060. The summed E-state index contributed by atoms with van der Waals surface area (Å²) >= 11 is 3.44. The smallest absolute Gasteiger partial charge is 0.267 e. The molecule has 4 rings (SSSR count). The molecule has 0 saturated heterocycles. The van der Waals surface area contributed by atoms with E-state index in [0.29, 0.717) is 6.04 Å². The van der Waals surface area contributed by atoms with Crippen molar-refractivity contribution in [2.75, 3.05) is 12.3 Å². The minimum absolute atomic E-state index is 0.0951. The van der Waals surface area contributed by atoms with Crippen molar-refractivity contribution in [3.63, 3.8) is 0 Å². The number of para-hydroxylation sites is 1. The summed E-state index contributed by atoms with van der Waals surface area (Å²) in [4.78, 5) is 23.5. The summed E-state index contributed by atoms with van der Waals surface area (Å²) < 4.78 is 1.84. The van der Waals surface area contributed by atoms with E-state index in [9.17, 15) is 4.79 Å². The van der Waals surface area contributed by atoms with Crippen molar-refractivity contribution < 1.29 is 0 Å². The summed E-state index contributed by atoms with van der Waals surface area (Å²) in [6.07, 6.45) is 5.83. The first-order chi connectivity index (χ1) is 14.6. The fourth-order valence-electron chi connectivity index (χ4n) is 4.08. The lowest BCUT2D eigenvalue weighted by molar-refractivity contribution is 0.206. The Balaban J connectivity index is 1.77. The Morgan fingerprint density at radius 1 is 1.17 bits per heavy atom. The van der Waals surface area contributed by atoms with Gasteiger partial charge in [-0.05, 0) is 44.4 Å². The largest absolute Gasteiger partial charge is 0.296 e. The van der Waals surface area contributed by atoms with E-state index in [4.69, 9.17) is 4.98 Å². The molecule has 0 unspecified atom stereocenters. The van der Waals surface area contributed by atoms with Crippen LogP contribution in [0.5, 0.6) is 0 Å². The topological polar surface area (TPSA) is 38.1 Å². The van der Waals surface area contributed by atoms with Crippen molar-refractivity contribution in [2.45, 2.75) is 70.6 Å². The van der Waals surface area contributed by atoms with Crippen molar-refractivity contribution in [1.29, 1.82) is 0 Å². The van der Waals surface area contributed by atoms with Gasteiger partial charge in [-0.3, -0.25) is 14.3 Å². The van der Waals surface area contributed by atoms with Crippen LogP contribution in [0.2, 0.25) is 0 Å². The Hall–Kier alpha value is -1.63. The molecule has 0 aliphatic carbocycles. The number of fused-ring (bicyclic) bond motifs is 3. The van der Waals surface area contributed by atoms with Crippen molar-refractivity contribution >= 4 is 33.3 Å². The quantitative estimate of drug-likeness (QED) is 0.248. The van der Waals surface area contributed by atoms with Gasteiger partial charge in [0, 0.05) is 29.8 Å². The number of thiophene rings is 1. The fourth-order valence-corrected chi connectivity index (χ4v) is 6.38. The van der Waals surface area contributed by atoms with Crippen molar-refractivity contribution in [2.24, 2.45) is 0 Å². The van der Waals surface area contributed by atoms with E-state index in [2.05, 4.69) is 25.7 Å². The van der Waals surface area contributed by atoms with Gasteiger partial charge in [0.2, 0.25) is 0 Å². The third-order valence-corrected chi connectivity index (χ3v) is 7.98. The summed E-state index contributed by atoms with van der Waals surface area (Å²) in [5, 5.41) is 1.67. The minimum Gasteiger partial charge on any atom is -0.296 e. The van der Waals surface area contributed by atoms with Gasteiger partial charge < -0.3 is 0 Å². The second-order valence-electron chi connectivity index (χ2n) is 8.28. The van der Waals surface area contributed by atoms with Crippen LogP contribution in [-0.4, -0.2) is 32.8 Å². The molecule has 6 heteroatoms. The number of aromatic nitrogens is 2. The van der Waals surface area contributed by atoms with E-state index >= 15 is 0 Å². The molecule has 0 spiro atoms. The molecule has 4 nitrogen and oxygen atoms in total. The van der Waals surface area contributed by atoms with Gasteiger partial charge in [-0.25, -0.2) is 4.98 Å². The molecular weight excluding hydrogens is 410 g/mol. The first-order valence-electron chi connectivity index (χ1n) is 11.1. The molecule has 30 heavy (non-hydrogen) atoms. The minimum atomic E-state index is 0.0951. The lowest BCUT2D eigenvalue weighted by atomic mass is 10.0. The van der Waals surface area contributed by atoms with Gasteiger partial charge in [0.25, 0.3) is 5.56 Å². The van der Waals surface area contributed by atoms with Gasteiger partial charge in [0.05, 0.1) is 11.1 Å². The van der Waals surface area contributed by atoms with Crippen LogP contribution in [0.25, 0.3) is 15.9 Å². The molecular formula is C24H31N3OS2. The van der Waals surface area contributed by atoms with E-state index < -0.39 is 0 Å². The SMILES string of the molecule is CCCCCCSc1nc2sc3c(c2c(=O)n1-c1ccccc1)CCN(C(C)C)C3. The van der Waals surface area contributed by atoms with Crippen LogP contribution in [0.3, 0.4) is 0 Å². The van der Waals surface area contributed by atoms with Crippen LogP contribution in [0.15, 0.2) is 40.3 Å². The zero-order chi connectivity index (χ0) is 21.1. The number of unbranched alkanes of at least 4 members (excludes halogenated alkanes) is 3. The number of hydrogen-bond donors (Lipinski definition) is 0. The lowest BCUT2D eigenvalue weighted by Gasteiger charge is -2.30. The van der Waals surface area contributed by atoms with E-state index in [-0.39, 0.29) is 5.56 Å². The van der Waals surface area contributed by atoms with Gasteiger partial charge in [0.15, 0.2) is 5.16 Å². The predicted molar refractivity (Wildman–Crippen MR) is 129 cm³/mol. The Kier molecular flexibility index (Phi) is 6.96. The number of hydrogen-bond acceptors (Lipinski definition) is 5. The van der Waals surface area contributed by atoms with Crippen LogP contribution in [0.4, 0.5) is 0 Å². The highest BCUT2D eigenvalue weighted by molar-refractivity contribution is 7.99. The van der Waals surface area contributed by atoms with Crippen molar-refractivity contribution in [3.05, 3.63) is 51.1 Å². The zero-order valence-corrected chi connectivity index (χ0v) is 19.8. The molecule has 1 aliphatic rings. The fraction of sp³-hybridized carbons (Fsp3) is 0.500. The molecule has 0 bridgehead atoms. The maximum atomic E-state index is 13.7. The molecule has 0 atom stereocenters. The highest BCUT2D eigenvalue weighted by Gasteiger charge is 2.26. The van der Waals surface area contributed by atoms with Crippen LogP contribution >= 0.6 is 23.1 Å².